The number of hydrogen-bond acceptors (Lipinski definition) is 6. The highest BCUT2D eigenvalue weighted by molar-refractivity contribution is 5.61. The van der Waals surface area contributed by atoms with E-state index in [0.717, 1.165) is 23.4 Å². The summed E-state index contributed by atoms with van der Waals surface area (Å²) in [5.74, 6) is 0.988. The molecule has 1 aliphatic rings. The van der Waals surface area contributed by atoms with Crippen molar-refractivity contribution < 1.29 is 5.11 Å². The molecule has 3 N–H and O–H groups in total. The Hall–Kier alpha value is -3.15. The molecule has 1 fully saturated rings. The highest BCUT2D eigenvalue weighted by atomic mass is 16.3. The van der Waals surface area contributed by atoms with E-state index in [9.17, 15) is 5.11 Å². The minimum Gasteiger partial charge on any atom is -0.508 e. The van der Waals surface area contributed by atoms with Crippen molar-refractivity contribution in [1.82, 2.24) is 15.0 Å². The van der Waals surface area contributed by atoms with Gasteiger partial charge in [0.2, 0.25) is 5.95 Å². The van der Waals surface area contributed by atoms with Gasteiger partial charge in [0.05, 0.1) is 23.8 Å². The van der Waals surface area contributed by atoms with Crippen LogP contribution in [0.5, 0.6) is 5.75 Å². The van der Waals surface area contributed by atoms with Gasteiger partial charge in [-0.25, -0.2) is 9.97 Å². The van der Waals surface area contributed by atoms with Crippen LogP contribution in [0.2, 0.25) is 0 Å². The van der Waals surface area contributed by atoms with Crippen molar-refractivity contribution in [1.29, 1.82) is 0 Å². The van der Waals surface area contributed by atoms with Crippen molar-refractivity contribution in [3.05, 3.63) is 60.6 Å². The molecule has 126 valence electrons. The van der Waals surface area contributed by atoms with Crippen LogP contribution in [0, 0.1) is 0 Å². The molecular weight excluding hydrogens is 314 g/mol. The first kappa shape index (κ1) is 15.4. The summed E-state index contributed by atoms with van der Waals surface area (Å²) >= 11 is 0. The topological polar surface area (TPSA) is 88.2 Å². The Morgan fingerprint density at radius 2 is 1.88 bits per heavy atom. The Bertz CT molecular complexity index is 879. The van der Waals surface area contributed by atoms with E-state index >= 15 is 0 Å². The number of nitrogen functional groups attached to an aromatic ring is 1. The molecule has 2 heterocycles. The van der Waals surface area contributed by atoms with E-state index in [1.165, 1.54) is 5.56 Å². The van der Waals surface area contributed by atoms with E-state index in [2.05, 4.69) is 25.9 Å². The number of phenols is 1. The summed E-state index contributed by atoms with van der Waals surface area (Å²) in [4.78, 5) is 14.9. The monoisotopic (exact) mass is 333 g/mol. The van der Waals surface area contributed by atoms with Crippen LogP contribution in [-0.2, 0) is 0 Å². The maximum Gasteiger partial charge on any atom is 0.220 e. The van der Waals surface area contributed by atoms with E-state index in [1.807, 2.05) is 31.4 Å². The number of benzene rings is 1. The van der Waals surface area contributed by atoms with Crippen molar-refractivity contribution in [2.75, 3.05) is 17.7 Å². The molecule has 0 bridgehead atoms. The molecule has 1 aliphatic carbocycles. The summed E-state index contributed by atoms with van der Waals surface area (Å²) in [6.45, 7) is 0. The molecule has 6 heteroatoms. The zero-order valence-electron chi connectivity index (χ0n) is 13.9. The maximum absolute atomic E-state index is 9.60. The van der Waals surface area contributed by atoms with Gasteiger partial charge in [0.15, 0.2) is 0 Å². The van der Waals surface area contributed by atoms with Crippen LogP contribution >= 0.6 is 0 Å². The lowest BCUT2D eigenvalue weighted by Gasteiger charge is -2.18. The van der Waals surface area contributed by atoms with E-state index in [-0.39, 0.29) is 11.7 Å². The van der Waals surface area contributed by atoms with Crippen LogP contribution in [0.1, 0.15) is 17.9 Å². The molecule has 0 saturated heterocycles. The molecule has 2 atom stereocenters. The van der Waals surface area contributed by atoms with E-state index < -0.39 is 0 Å². The summed E-state index contributed by atoms with van der Waals surface area (Å²) in [5, 5.41) is 9.60. The summed E-state index contributed by atoms with van der Waals surface area (Å²) in [6, 6.07) is 11.7. The molecule has 4 rings (SSSR count). The largest absolute Gasteiger partial charge is 0.508 e. The van der Waals surface area contributed by atoms with Crippen LogP contribution in [0.15, 0.2) is 55.0 Å². The average molecular weight is 333 g/mol. The van der Waals surface area contributed by atoms with Crippen molar-refractivity contribution in [2.24, 2.45) is 0 Å². The van der Waals surface area contributed by atoms with Crippen LogP contribution in [0.3, 0.4) is 0 Å². The van der Waals surface area contributed by atoms with Gasteiger partial charge in [-0.1, -0.05) is 18.2 Å². The van der Waals surface area contributed by atoms with E-state index in [4.69, 9.17) is 5.73 Å². The zero-order chi connectivity index (χ0) is 17.4. The molecule has 0 unspecified atom stereocenters. The SMILES string of the molecule is CN(c1cnc(N)nc1)[C@@H]1C[C@H]1c1ccc(-c2cccc(O)c2)nc1. The molecule has 0 radical (unpaired) electrons. The van der Waals surface area contributed by atoms with Crippen molar-refractivity contribution in [3.63, 3.8) is 0 Å². The second-order valence-corrected chi connectivity index (χ2v) is 6.35. The van der Waals surface area contributed by atoms with Gasteiger partial charge in [-0.15, -0.1) is 0 Å². The Labute approximate surface area is 146 Å². The maximum atomic E-state index is 9.60. The molecule has 6 nitrogen and oxygen atoms in total. The molecule has 0 amide bonds. The number of nitrogens with two attached hydrogens (primary N) is 1. The standard InChI is InChI=1S/C19H19N5O/c1-24(14-10-22-19(20)23-11-14)18-8-16(18)13-5-6-17(21-9-13)12-3-2-4-15(25)7-12/h2-7,9-11,16,18,25H,8H2,1H3,(H2,20,22,23)/t16-,18+/m0/s1. The summed E-state index contributed by atoms with van der Waals surface area (Å²) in [5.41, 5.74) is 9.50. The molecule has 2 aromatic heterocycles. The van der Waals surface area contributed by atoms with Gasteiger partial charge < -0.3 is 15.7 Å². The van der Waals surface area contributed by atoms with Gasteiger partial charge in [0.25, 0.3) is 0 Å². The smallest absolute Gasteiger partial charge is 0.220 e. The lowest BCUT2D eigenvalue weighted by molar-refractivity contribution is 0.475. The van der Waals surface area contributed by atoms with Crippen LogP contribution in [-0.4, -0.2) is 33.1 Å². The first-order chi connectivity index (χ1) is 12.1. The lowest BCUT2D eigenvalue weighted by Crippen LogP contribution is -2.21. The number of rotatable bonds is 4. The normalized spacial score (nSPS) is 18.8. The van der Waals surface area contributed by atoms with Crippen molar-refractivity contribution in [3.8, 4) is 17.0 Å². The van der Waals surface area contributed by atoms with Gasteiger partial charge in [0.1, 0.15) is 5.75 Å². The number of aromatic hydroxyl groups is 1. The fourth-order valence-electron chi connectivity index (χ4n) is 3.13. The molecule has 1 saturated carbocycles. The summed E-state index contributed by atoms with van der Waals surface area (Å²) in [6.07, 6.45) is 6.51. The van der Waals surface area contributed by atoms with Gasteiger partial charge in [-0.05, 0) is 30.2 Å². The minimum absolute atomic E-state index is 0.248. The quantitative estimate of drug-likeness (QED) is 0.763. The molecule has 0 aliphatic heterocycles. The number of likely N-dealkylation sites (N-methyl/N-ethyl adjacent to an activating group) is 1. The van der Waals surface area contributed by atoms with Gasteiger partial charge >= 0.3 is 0 Å². The number of anilines is 2. The van der Waals surface area contributed by atoms with Crippen molar-refractivity contribution in [2.45, 2.75) is 18.4 Å². The minimum atomic E-state index is 0.248. The third-order valence-electron chi connectivity index (χ3n) is 4.68. The zero-order valence-corrected chi connectivity index (χ0v) is 13.9. The molecule has 1 aromatic carbocycles. The number of aromatic nitrogens is 3. The number of hydrogen-bond donors (Lipinski definition) is 2. The second-order valence-electron chi connectivity index (χ2n) is 6.35. The van der Waals surface area contributed by atoms with Gasteiger partial charge in [0, 0.05) is 30.8 Å². The van der Waals surface area contributed by atoms with E-state index in [0.29, 0.717) is 12.0 Å². The number of phenolic OH excluding ortho intramolecular Hbond substituents is 1. The molecule has 3 aromatic rings. The first-order valence-corrected chi connectivity index (χ1v) is 8.17. The summed E-state index contributed by atoms with van der Waals surface area (Å²) in [7, 11) is 2.05. The second kappa shape index (κ2) is 6.05. The van der Waals surface area contributed by atoms with Crippen LogP contribution < -0.4 is 10.6 Å². The predicted molar refractivity (Wildman–Crippen MR) is 97.3 cm³/mol. The Balaban J connectivity index is 1.48. The third-order valence-corrected chi connectivity index (χ3v) is 4.68. The third kappa shape index (κ3) is 3.10. The Morgan fingerprint density at radius 3 is 2.56 bits per heavy atom. The fraction of sp³-hybridized carbons (Fsp3) is 0.211. The number of nitrogens with zero attached hydrogens (tertiary/aromatic N) is 4. The molecule has 25 heavy (non-hydrogen) atoms. The fourth-order valence-corrected chi connectivity index (χ4v) is 3.13. The first-order valence-electron chi connectivity index (χ1n) is 8.17. The highest BCUT2D eigenvalue weighted by Gasteiger charge is 2.42. The highest BCUT2D eigenvalue weighted by Crippen LogP contribution is 2.45. The van der Waals surface area contributed by atoms with Gasteiger partial charge in [-0.2, -0.15) is 0 Å². The van der Waals surface area contributed by atoms with Crippen molar-refractivity contribution >= 4 is 11.6 Å². The number of pyridine rings is 1. The average Bonchev–Trinajstić information content (AvgIpc) is 3.43. The van der Waals surface area contributed by atoms with Crippen LogP contribution in [0.4, 0.5) is 11.6 Å². The Morgan fingerprint density at radius 1 is 1.08 bits per heavy atom. The van der Waals surface area contributed by atoms with Gasteiger partial charge in [-0.3, -0.25) is 4.98 Å². The molecular formula is C19H19N5O. The predicted octanol–water partition coefficient (Wildman–Crippen LogP) is 2.82. The molecule has 0 spiro atoms. The Kier molecular flexibility index (Phi) is 3.72. The lowest BCUT2D eigenvalue weighted by atomic mass is 10.1. The van der Waals surface area contributed by atoms with Crippen LogP contribution in [0.25, 0.3) is 11.3 Å². The summed E-state index contributed by atoms with van der Waals surface area (Å²) < 4.78 is 0. The van der Waals surface area contributed by atoms with E-state index in [1.54, 1.807) is 24.5 Å².